The Hall–Kier alpha value is -0.930. The quantitative estimate of drug-likeness (QED) is 0.821. The fourth-order valence-electron chi connectivity index (χ4n) is 4.08. The highest BCUT2D eigenvalue weighted by Gasteiger charge is 2.40. The number of benzene rings is 1. The number of aryl methyl sites for hydroxylation is 2. The minimum Gasteiger partial charge on any atom is -0.393 e. The summed E-state index contributed by atoms with van der Waals surface area (Å²) in [7, 11) is 0. The molecule has 0 spiro atoms. The maximum atomic E-state index is 10.2. The molecule has 0 bridgehead atoms. The Bertz CT molecular complexity index is 567. The molecule has 1 fully saturated rings. The Balaban J connectivity index is 2.05. The normalized spacial score (nSPS) is 27.5. The maximum Gasteiger partial charge on any atom is 0.106 e. The smallest absolute Gasteiger partial charge is 0.106 e. The molecule has 1 aromatic rings. The van der Waals surface area contributed by atoms with Crippen molar-refractivity contribution in [2.45, 2.75) is 60.0 Å². The number of aliphatic hydroxyl groups excluding tert-OH is 1. The zero-order valence-electron chi connectivity index (χ0n) is 14.5. The van der Waals surface area contributed by atoms with Crippen molar-refractivity contribution in [1.29, 1.82) is 0 Å². The highest BCUT2D eigenvalue weighted by atomic mass is 32.1. The molecule has 2 N–H and O–H groups in total. The van der Waals surface area contributed by atoms with E-state index in [-0.39, 0.29) is 16.9 Å². The predicted molar refractivity (Wildman–Crippen MR) is 97.4 cm³/mol. The standard InChI is InChI=1S/C19H29NOS/c1-13-6-7-14(2)16(8-13)17(22)20-12-19(5)10-15(21)9-18(3,4)11-19/h6-8,15,21H,9-12H2,1-5H3,(H,20,22)/t15-,19-/m0/s1. The van der Waals surface area contributed by atoms with Gasteiger partial charge in [-0.2, -0.15) is 0 Å². The summed E-state index contributed by atoms with van der Waals surface area (Å²) in [6, 6.07) is 6.38. The summed E-state index contributed by atoms with van der Waals surface area (Å²) in [6.07, 6.45) is 2.65. The number of thiocarbonyl (C=S) groups is 1. The summed E-state index contributed by atoms with van der Waals surface area (Å²) >= 11 is 5.60. The molecule has 1 aliphatic rings. The molecule has 122 valence electrons. The summed E-state index contributed by atoms with van der Waals surface area (Å²) in [5, 5.41) is 13.6. The van der Waals surface area contributed by atoms with E-state index in [0.29, 0.717) is 0 Å². The Morgan fingerprint density at radius 2 is 1.95 bits per heavy atom. The summed E-state index contributed by atoms with van der Waals surface area (Å²) in [6.45, 7) is 11.8. The van der Waals surface area contributed by atoms with Crippen LogP contribution in [0.4, 0.5) is 0 Å². The third kappa shape index (κ3) is 4.30. The molecule has 0 heterocycles. The molecule has 3 heteroatoms. The van der Waals surface area contributed by atoms with Crippen LogP contribution in [-0.2, 0) is 0 Å². The van der Waals surface area contributed by atoms with Crippen LogP contribution in [0.1, 0.15) is 56.7 Å². The summed E-state index contributed by atoms with van der Waals surface area (Å²) in [5.74, 6) is 0. The Morgan fingerprint density at radius 1 is 1.27 bits per heavy atom. The number of aliphatic hydroxyl groups is 1. The van der Waals surface area contributed by atoms with Crippen molar-refractivity contribution in [2.24, 2.45) is 10.8 Å². The van der Waals surface area contributed by atoms with Gasteiger partial charge in [0.15, 0.2) is 0 Å². The van der Waals surface area contributed by atoms with Crippen LogP contribution in [0.15, 0.2) is 18.2 Å². The number of hydrogen-bond donors (Lipinski definition) is 2. The van der Waals surface area contributed by atoms with Crippen LogP contribution < -0.4 is 5.32 Å². The first kappa shape index (κ1) is 17.4. The molecule has 0 radical (unpaired) electrons. The minimum atomic E-state index is -0.204. The lowest BCUT2D eigenvalue weighted by Gasteiger charge is -2.45. The van der Waals surface area contributed by atoms with E-state index < -0.39 is 0 Å². The first-order valence-electron chi connectivity index (χ1n) is 8.14. The average Bonchev–Trinajstić information content (AvgIpc) is 2.36. The van der Waals surface area contributed by atoms with E-state index in [2.05, 4.69) is 58.1 Å². The van der Waals surface area contributed by atoms with Crippen LogP contribution in [-0.4, -0.2) is 22.7 Å². The molecule has 0 amide bonds. The van der Waals surface area contributed by atoms with Crippen molar-refractivity contribution < 1.29 is 5.11 Å². The van der Waals surface area contributed by atoms with Gasteiger partial charge in [0.1, 0.15) is 4.99 Å². The lowest BCUT2D eigenvalue weighted by Crippen LogP contribution is -2.45. The Morgan fingerprint density at radius 3 is 2.59 bits per heavy atom. The van der Waals surface area contributed by atoms with Crippen molar-refractivity contribution in [3.63, 3.8) is 0 Å². The largest absolute Gasteiger partial charge is 0.393 e. The van der Waals surface area contributed by atoms with Gasteiger partial charge in [-0.05, 0) is 55.6 Å². The minimum absolute atomic E-state index is 0.0863. The van der Waals surface area contributed by atoms with Crippen molar-refractivity contribution >= 4 is 17.2 Å². The van der Waals surface area contributed by atoms with Gasteiger partial charge in [-0.3, -0.25) is 0 Å². The molecular formula is C19H29NOS. The molecule has 2 rings (SSSR count). The first-order chi connectivity index (χ1) is 10.1. The van der Waals surface area contributed by atoms with Crippen LogP contribution in [0, 0.1) is 24.7 Å². The lowest BCUT2D eigenvalue weighted by atomic mass is 9.63. The molecule has 1 aliphatic carbocycles. The van der Waals surface area contributed by atoms with Gasteiger partial charge < -0.3 is 10.4 Å². The molecule has 1 saturated carbocycles. The average molecular weight is 320 g/mol. The fraction of sp³-hybridized carbons (Fsp3) is 0.632. The highest BCUT2D eigenvalue weighted by Crippen LogP contribution is 2.45. The van der Waals surface area contributed by atoms with Gasteiger partial charge in [0, 0.05) is 12.1 Å². The number of rotatable bonds is 3. The molecule has 0 aromatic heterocycles. The van der Waals surface area contributed by atoms with E-state index >= 15 is 0 Å². The van der Waals surface area contributed by atoms with Crippen molar-refractivity contribution in [3.8, 4) is 0 Å². The first-order valence-corrected chi connectivity index (χ1v) is 8.55. The van der Waals surface area contributed by atoms with Crippen LogP contribution in [0.5, 0.6) is 0 Å². The van der Waals surface area contributed by atoms with E-state index in [1.54, 1.807) is 0 Å². The second-order valence-corrected chi connectivity index (χ2v) is 8.62. The van der Waals surface area contributed by atoms with Crippen LogP contribution in [0.25, 0.3) is 0 Å². The number of hydrogen-bond acceptors (Lipinski definition) is 2. The second kappa shape index (κ2) is 6.29. The molecule has 22 heavy (non-hydrogen) atoms. The number of nitrogens with one attached hydrogen (secondary N) is 1. The van der Waals surface area contributed by atoms with Crippen molar-refractivity contribution in [1.82, 2.24) is 5.32 Å². The Kier molecular flexibility index (Phi) is 4.98. The second-order valence-electron chi connectivity index (χ2n) is 8.21. The summed E-state index contributed by atoms with van der Waals surface area (Å²) in [4.78, 5) is 0.820. The van der Waals surface area contributed by atoms with Crippen LogP contribution >= 0.6 is 12.2 Å². The van der Waals surface area contributed by atoms with E-state index in [1.807, 2.05) is 0 Å². The van der Waals surface area contributed by atoms with Crippen molar-refractivity contribution in [2.75, 3.05) is 6.54 Å². The van der Waals surface area contributed by atoms with Crippen LogP contribution in [0.2, 0.25) is 0 Å². The van der Waals surface area contributed by atoms with Crippen LogP contribution in [0.3, 0.4) is 0 Å². The molecule has 0 unspecified atom stereocenters. The van der Waals surface area contributed by atoms with Gasteiger partial charge in [-0.15, -0.1) is 0 Å². The highest BCUT2D eigenvalue weighted by molar-refractivity contribution is 7.80. The molecule has 0 saturated heterocycles. The van der Waals surface area contributed by atoms with Gasteiger partial charge in [-0.1, -0.05) is 50.7 Å². The summed E-state index contributed by atoms with van der Waals surface area (Å²) in [5.41, 5.74) is 3.83. The predicted octanol–water partition coefficient (Wildman–Crippen LogP) is 4.15. The van der Waals surface area contributed by atoms with Gasteiger partial charge in [0.05, 0.1) is 6.10 Å². The SMILES string of the molecule is Cc1ccc(C)c(C(=S)NC[C@@]2(C)C[C@@H](O)CC(C)(C)C2)c1. The molecule has 2 atom stereocenters. The third-order valence-corrected chi connectivity index (χ3v) is 5.10. The van der Waals surface area contributed by atoms with Gasteiger partial charge >= 0.3 is 0 Å². The molecule has 0 aliphatic heterocycles. The monoisotopic (exact) mass is 319 g/mol. The topological polar surface area (TPSA) is 32.3 Å². The third-order valence-electron chi connectivity index (χ3n) is 4.74. The molecular weight excluding hydrogens is 290 g/mol. The fourth-order valence-corrected chi connectivity index (χ4v) is 4.37. The lowest BCUT2D eigenvalue weighted by molar-refractivity contribution is -0.00679. The van der Waals surface area contributed by atoms with Crippen molar-refractivity contribution in [3.05, 3.63) is 34.9 Å². The summed E-state index contributed by atoms with van der Waals surface area (Å²) < 4.78 is 0. The van der Waals surface area contributed by atoms with Gasteiger partial charge in [0.2, 0.25) is 0 Å². The Labute approximate surface area is 140 Å². The maximum absolute atomic E-state index is 10.2. The van der Waals surface area contributed by atoms with E-state index in [9.17, 15) is 5.11 Å². The molecule has 2 nitrogen and oxygen atoms in total. The van der Waals surface area contributed by atoms with Gasteiger partial charge in [-0.25, -0.2) is 0 Å². The van der Waals surface area contributed by atoms with E-state index in [4.69, 9.17) is 12.2 Å². The van der Waals surface area contributed by atoms with E-state index in [0.717, 1.165) is 36.4 Å². The zero-order valence-corrected chi connectivity index (χ0v) is 15.3. The zero-order chi connectivity index (χ0) is 16.5. The van der Waals surface area contributed by atoms with E-state index in [1.165, 1.54) is 11.1 Å². The molecule has 1 aromatic carbocycles. The van der Waals surface area contributed by atoms with Gasteiger partial charge in [0.25, 0.3) is 0 Å².